The molecule has 0 aliphatic rings. The van der Waals surface area contributed by atoms with Gasteiger partial charge in [0.1, 0.15) is 0 Å². The molecule has 720 valence electrons. The van der Waals surface area contributed by atoms with Gasteiger partial charge in [-0.3, -0.25) is 93.6 Å². The molecular weight excluding hydrogens is 1690 g/mol. The van der Waals surface area contributed by atoms with Gasteiger partial charge in [-0.15, -0.1) is 0 Å². The first-order chi connectivity index (χ1) is 84.9. The molecule has 36 heteroatoms. The van der Waals surface area contributed by atoms with Crippen LogP contribution in [0.15, 0.2) is 317 Å². The number of nitrogens with one attached hydrogen (secondary N) is 18. The monoisotopic (exact) mass is 1890 g/mol. The number of nitrogens with zero attached hydrogens (tertiary/aromatic N) is 9. The highest BCUT2D eigenvalue weighted by Crippen LogP contribution is 2.07. The molecule has 0 amide bonds. The smallest absolute Gasteiger partial charge is 0.194 e. The standard InChI is InChI=1S/9C11H16N4/c9*1-9(12)15-11(13)14-8-7-10-5-3-2-4-6-10/h9*2-6H,7-8H2,1H3,(H4,12,13,14,15)/i3D,4D,5D,6D,7D2,8D2;3D,4D,5D,6D,7D,8D2;3D,5D,6D,7D2,8D2;3D,5D,6D,7D,8D2;3D,4D,5D,7D2,8D2;3D,4D,5D,7D,8D2;2D,3D,4D,7D2;2D,8D2;2D,7D2. The van der Waals surface area contributed by atoms with E-state index >= 15 is 0 Å². The van der Waals surface area contributed by atoms with E-state index in [1.807, 2.05) is 0 Å². The summed E-state index contributed by atoms with van der Waals surface area (Å²) in [6.45, 7) is -5.98. The largest absolute Gasteiger partial charge is 0.370 e. The maximum absolute atomic E-state index is 7.96. The fourth-order valence-electron chi connectivity index (χ4n) is 7.34. The quantitative estimate of drug-likeness (QED) is 0.0168. The molecule has 0 aliphatic heterocycles. The van der Waals surface area contributed by atoms with Gasteiger partial charge in [-0.25, -0.2) is 0 Å². The second-order valence-corrected chi connectivity index (χ2v) is 24.5. The van der Waals surface area contributed by atoms with Crippen LogP contribution in [0, 0.1) is 48.7 Å². The van der Waals surface area contributed by atoms with E-state index in [0.29, 0.717) is 17.6 Å². The molecule has 0 aliphatic carbocycles. The third-order valence-electron chi connectivity index (χ3n) is 12.3. The van der Waals surface area contributed by atoms with Gasteiger partial charge < -0.3 is 99.5 Å². The zero-order valence-electron chi connectivity index (χ0n) is 127. The molecule has 0 heterocycles. The second-order valence-electron chi connectivity index (χ2n) is 24.5. The highest BCUT2D eigenvalue weighted by atomic mass is 15.2. The summed E-state index contributed by atoms with van der Waals surface area (Å²) in [6.07, 6.45) is -17.3. The third-order valence-corrected chi connectivity index (χ3v) is 12.3. The van der Waals surface area contributed by atoms with Crippen molar-refractivity contribution in [3.8, 4) is 0 Å². The van der Waals surface area contributed by atoms with Crippen LogP contribution >= 0.6 is 0 Å². The third kappa shape index (κ3) is 74.0. The molecule has 0 bridgehead atoms. The maximum Gasteiger partial charge on any atom is 0.194 e. The van der Waals surface area contributed by atoms with Gasteiger partial charge in [-0.2, -0.15) is 0 Å². The summed E-state index contributed by atoms with van der Waals surface area (Å²) in [6, 6.07) is 18.3. The lowest BCUT2D eigenvalue weighted by molar-refractivity contribution is 0.955. The Morgan fingerprint density at radius 1 is 0.215 bits per heavy atom. The average molecular weight is 1890 g/mol. The van der Waals surface area contributed by atoms with E-state index < -0.39 is 197 Å². The molecule has 9 rings (SSSR count). The summed E-state index contributed by atoms with van der Waals surface area (Å²) in [5.74, 6) is -2.98. The van der Waals surface area contributed by atoms with Crippen LogP contribution in [0.1, 0.15) is 184 Å². The molecule has 36 nitrogen and oxygen atoms in total. The Balaban J connectivity index is 0.00000105. The Morgan fingerprint density at radius 2 is 0.452 bits per heavy atom. The summed E-state index contributed by atoms with van der Waals surface area (Å²) >= 11 is 0. The number of guanidine groups is 9. The average Bonchev–Trinajstić information content (AvgIpc) is 0.760. The first kappa shape index (κ1) is 56.2. The van der Waals surface area contributed by atoms with Crippen molar-refractivity contribution in [2.45, 2.75) is 120 Å². The zero-order chi connectivity index (χ0) is 146. The van der Waals surface area contributed by atoms with E-state index in [4.69, 9.17) is 172 Å². The van der Waals surface area contributed by atoms with Crippen LogP contribution in [-0.2, 0) is 57.5 Å². The van der Waals surface area contributed by atoms with Crippen LogP contribution in [0.2, 0.25) is 0 Å². The number of hydrogen-bond acceptors (Lipinski definition) is 18. The fourth-order valence-corrected chi connectivity index (χ4v) is 7.34. The normalized spacial score (nSPS) is 18.7. The minimum Gasteiger partial charge on any atom is -0.370 e. The summed E-state index contributed by atoms with van der Waals surface area (Å²) in [5, 5.41) is 85.5. The van der Waals surface area contributed by atoms with Gasteiger partial charge in [-0.05, 0) is 170 Å². The van der Waals surface area contributed by atoms with Crippen molar-refractivity contribution in [3.63, 3.8) is 0 Å². The van der Waals surface area contributed by atoms with Crippen LogP contribution in [0.5, 0.6) is 0 Å². The molecular formula is C99H144N36. The molecule has 3 atom stereocenters. The van der Waals surface area contributed by atoms with Crippen LogP contribution in [-0.4, -0.2) is 165 Å². The van der Waals surface area contributed by atoms with E-state index in [1.54, 1.807) is 36.4 Å². The minimum absolute atomic E-state index is 0.0171. The Bertz CT molecular complexity index is 8050. The second kappa shape index (κ2) is 75.3. The number of amidine groups is 9. The Labute approximate surface area is 870 Å². The molecule has 0 radical (unpaired) electrons. The number of aryl methyl sites for hydroxylation is 3. The highest BCUT2D eigenvalue weighted by Gasteiger charge is 2.03. The highest BCUT2D eigenvalue weighted by molar-refractivity contribution is 6.00. The lowest BCUT2D eigenvalue weighted by Gasteiger charge is -2.02. The van der Waals surface area contributed by atoms with Crippen molar-refractivity contribution in [1.29, 1.82) is 48.7 Å². The predicted molar refractivity (Wildman–Crippen MR) is 569 cm³/mol. The molecule has 0 aromatic heterocycles. The van der Waals surface area contributed by atoms with E-state index in [9.17, 15) is 0 Å². The van der Waals surface area contributed by atoms with Crippen LogP contribution in [0.3, 0.4) is 0 Å². The summed E-state index contributed by atoms with van der Waals surface area (Å²) in [7, 11) is 0. The predicted octanol–water partition coefficient (Wildman–Crippen LogP) is 10.2. The Kier molecular flexibility index (Phi) is 31.4. The van der Waals surface area contributed by atoms with Crippen molar-refractivity contribution in [1.82, 2.24) is 47.9 Å². The van der Waals surface area contributed by atoms with Crippen molar-refractivity contribution >= 4 is 106 Å². The van der Waals surface area contributed by atoms with E-state index in [-0.39, 0.29) is 203 Å². The van der Waals surface area contributed by atoms with Gasteiger partial charge in [0, 0.05) is 76.4 Å². The lowest BCUT2D eigenvalue weighted by atomic mass is 10.2. The first-order valence-electron chi connectivity index (χ1n) is 64.5. The molecule has 9 aromatic rings. The number of aliphatic imine (C=N–C) groups is 9. The van der Waals surface area contributed by atoms with Gasteiger partial charge in [-0.1, -0.05) is 272 Å². The number of benzene rings is 9. The maximum atomic E-state index is 7.96. The Hall–Kier alpha value is -16.6. The molecule has 3 unspecified atom stereocenters. The lowest BCUT2D eigenvalue weighted by Crippen LogP contribution is -2.35. The molecule has 36 N–H and O–H groups in total. The number of nitrogens with two attached hydrogens (primary N) is 9. The van der Waals surface area contributed by atoms with Gasteiger partial charge >= 0.3 is 0 Å². The molecule has 0 saturated heterocycles. The van der Waals surface area contributed by atoms with Gasteiger partial charge in [0.2, 0.25) is 0 Å². The van der Waals surface area contributed by atoms with Crippen molar-refractivity contribution < 1.29 is 71.3 Å². The molecule has 0 spiro atoms. The summed E-state index contributed by atoms with van der Waals surface area (Å²) < 4.78 is 401. The van der Waals surface area contributed by atoms with E-state index in [0.717, 1.165) is 54.1 Å². The summed E-state index contributed by atoms with van der Waals surface area (Å²) in [5.41, 5.74) is 47.7. The summed E-state index contributed by atoms with van der Waals surface area (Å²) in [4.78, 5) is 31.9. The number of rotatable bonds is 27. The van der Waals surface area contributed by atoms with Gasteiger partial charge in [0.15, 0.2) is 53.6 Å². The van der Waals surface area contributed by atoms with E-state index in [1.165, 1.54) is 98.7 Å². The van der Waals surface area contributed by atoms with Crippen molar-refractivity contribution in [2.24, 2.45) is 96.5 Å². The van der Waals surface area contributed by atoms with Crippen molar-refractivity contribution in [3.05, 3.63) is 322 Å². The Morgan fingerprint density at radius 3 is 0.807 bits per heavy atom. The van der Waals surface area contributed by atoms with Crippen molar-refractivity contribution in [2.75, 3.05) is 58.6 Å². The fraction of sp³-hybridized carbons (Fsp3) is 0.273. The molecule has 0 saturated carbocycles. The number of hydrogen-bond donors (Lipinski definition) is 27. The first-order valence-corrected chi connectivity index (χ1v) is 38.3. The van der Waals surface area contributed by atoms with Crippen LogP contribution < -0.4 is 99.5 Å². The van der Waals surface area contributed by atoms with E-state index in [2.05, 4.69) is 92.8 Å². The zero-order valence-corrected chi connectivity index (χ0v) is 74.6. The minimum atomic E-state index is -2.99. The van der Waals surface area contributed by atoms with Gasteiger partial charge in [0.05, 0.1) is 106 Å². The van der Waals surface area contributed by atoms with Gasteiger partial charge in [0.25, 0.3) is 0 Å². The molecule has 0 fully saturated rings. The SMILES string of the molecule is [2H]c1cc(C([2H])([2H])CN=C(N)NC(C)=N)cc([2H])c1[2H].[2H]c1cc([2H])c([2H])c(C([2H])([2H])C([2H])([2H])N=C(N)NC(C)=N)c1.[2H]c1cc([2H])c([2H])c(C([2H])([2H])C([2H])([2H])N=C(N)NC(C)=N)c1[2H].[2H]c1cc([2H])c([2H])c(C([2H])C([2H])([2H])N=C(N)NC(C)=N)c1.[2H]c1cc([2H])c([2H])c(C([2H])C([2H])([2H])N=C(N)NC(C)=N)c1[2H].[2H]c1ccc(C([2H])([2H])CN=C(N)NC(C)=N)cc1.[2H]c1ccc(CC([2H])([2H])N=C(N)NC(C)=N)cc1.[2H]c1ccc([2H])c(C([2H])([2H])C([2H])([2H])N=C(N)NC(C)=N)c1[2H].[2H]c1ccc([2H])c(C([2H])C([2H])([2H])N=C(N)NC(C)=N)c1[2H]. The molecule has 9 aromatic carbocycles. The van der Waals surface area contributed by atoms with Crippen LogP contribution in [0.4, 0.5) is 0 Å². The molecule has 135 heavy (non-hydrogen) atoms. The van der Waals surface area contributed by atoms with Crippen LogP contribution in [0.25, 0.3) is 0 Å². The topological polar surface area (TPSA) is 668 Å².